The molecule has 3 N–H and O–H groups in total. The molecule has 63 heavy (non-hydrogen) atoms. The molecule has 3 amide bonds. The first-order valence-electron chi connectivity index (χ1n) is 21.5. The number of aliphatic hydroxyl groups is 1. The Morgan fingerprint density at radius 1 is 0.905 bits per heavy atom. The number of carbonyl (C=O) groups excluding carboxylic acids is 3. The highest BCUT2D eigenvalue weighted by Crippen LogP contribution is 2.30. The molecule has 0 radical (unpaired) electrons. The van der Waals surface area contributed by atoms with Crippen LogP contribution in [0.4, 0.5) is 5.69 Å². The highest BCUT2D eigenvalue weighted by Gasteiger charge is 2.36. The summed E-state index contributed by atoms with van der Waals surface area (Å²) >= 11 is 8.03. The number of nitrogens with zero attached hydrogens (tertiary/aromatic N) is 7. The van der Waals surface area contributed by atoms with Gasteiger partial charge in [0.2, 0.25) is 11.8 Å². The monoisotopic (exact) mass is 889 g/mol. The zero-order valence-corrected chi connectivity index (χ0v) is 36.9. The van der Waals surface area contributed by atoms with Crippen molar-refractivity contribution in [2.45, 2.75) is 50.7 Å². The van der Waals surface area contributed by atoms with Crippen LogP contribution in [0, 0.1) is 5.92 Å². The number of pyridine rings is 1. The third-order valence-electron chi connectivity index (χ3n) is 12.2. The predicted octanol–water partition coefficient (Wildman–Crippen LogP) is 5.72. The SMILES string of the molecule is CN1CCN(CCC(=O)Nc2ccc3c(=O)n(CC4(O)CCN(C(=O)C(CCCNC(=O)c5ccc6c(Cl)cc(-c7cscn7)nc6c5)Cc5ccccc5)CC4)cnc3c2)CC1. The lowest BCUT2D eigenvalue weighted by Crippen LogP contribution is -2.51. The topological polar surface area (TPSA) is 166 Å². The van der Waals surface area contributed by atoms with Crippen LogP contribution in [0.2, 0.25) is 5.02 Å². The fraction of sp³-hybridized carbons (Fsp3) is 0.383. The Labute approximate surface area is 374 Å². The number of amides is 3. The lowest BCUT2D eigenvalue weighted by Gasteiger charge is -2.39. The van der Waals surface area contributed by atoms with Gasteiger partial charge in [-0.3, -0.25) is 23.7 Å². The minimum atomic E-state index is -1.21. The van der Waals surface area contributed by atoms with Crippen LogP contribution in [-0.2, 0) is 22.6 Å². The van der Waals surface area contributed by atoms with E-state index in [-0.39, 0.29) is 35.7 Å². The molecule has 0 aliphatic carbocycles. The maximum absolute atomic E-state index is 14.1. The molecule has 0 saturated carbocycles. The van der Waals surface area contributed by atoms with E-state index in [9.17, 15) is 24.3 Å². The van der Waals surface area contributed by atoms with Gasteiger partial charge in [-0.15, -0.1) is 11.3 Å². The maximum Gasteiger partial charge on any atom is 0.261 e. The Morgan fingerprint density at radius 3 is 2.44 bits per heavy atom. The molecule has 5 heterocycles. The highest BCUT2D eigenvalue weighted by atomic mass is 35.5. The molecule has 1 unspecified atom stereocenters. The van der Waals surface area contributed by atoms with E-state index in [4.69, 9.17) is 16.6 Å². The molecular formula is C47H52ClN9O5S. The van der Waals surface area contributed by atoms with Crippen molar-refractivity contribution >= 4 is 68.2 Å². The second-order valence-electron chi connectivity index (χ2n) is 16.8. The van der Waals surface area contributed by atoms with Gasteiger partial charge in [0.25, 0.3) is 11.5 Å². The highest BCUT2D eigenvalue weighted by molar-refractivity contribution is 7.07. The third-order valence-corrected chi connectivity index (χ3v) is 13.1. The number of thiazole rings is 1. The fourth-order valence-corrected chi connectivity index (χ4v) is 9.25. The van der Waals surface area contributed by atoms with Crippen molar-refractivity contribution < 1.29 is 19.5 Å². The predicted molar refractivity (Wildman–Crippen MR) is 247 cm³/mol. The number of piperidine rings is 1. The molecule has 14 nitrogen and oxygen atoms in total. The van der Waals surface area contributed by atoms with Crippen LogP contribution in [0.5, 0.6) is 0 Å². The Balaban J connectivity index is 0.847. The van der Waals surface area contributed by atoms with Crippen LogP contribution in [-0.4, -0.2) is 122 Å². The van der Waals surface area contributed by atoms with Crippen molar-refractivity contribution in [3.63, 3.8) is 0 Å². The van der Waals surface area contributed by atoms with Crippen molar-refractivity contribution in [3.05, 3.63) is 117 Å². The molecule has 6 aromatic rings. The molecule has 3 aromatic heterocycles. The molecule has 2 aliphatic rings. The smallest absolute Gasteiger partial charge is 0.261 e. The Kier molecular flexibility index (Phi) is 13.9. The molecule has 8 rings (SSSR count). The van der Waals surface area contributed by atoms with E-state index in [1.807, 2.05) is 40.6 Å². The number of piperazine rings is 1. The molecule has 2 saturated heterocycles. The van der Waals surface area contributed by atoms with E-state index < -0.39 is 5.60 Å². The summed E-state index contributed by atoms with van der Waals surface area (Å²) < 4.78 is 1.43. The van der Waals surface area contributed by atoms with Gasteiger partial charge in [-0.25, -0.2) is 15.0 Å². The summed E-state index contributed by atoms with van der Waals surface area (Å²) in [6.45, 7) is 5.68. The minimum Gasteiger partial charge on any atom is -0.388 e. The third kappa shape index (κ3) is 11.0. The second kappa shape index (κ2) is 19.9. The number of hydrogen-bond donors (Lipinski definition) is 3. The summed E-state index contributed by atoms with van der Waals surface area (Å²) in [6, 6.07) is 22.0. The van der Waals surface area contributed by atoms with Crippen LogP contribution < -0.4 is 16.2 Å². The number of anilines is 1. The second-order valence-corrected chi connectivity index (χ2v) is 17.9. The quantitative estimate of drug-likeness (QED) is 0.109. The van der Waals surface area contributed by atoms with E-state index in [1.54, 1.807) is 48.0 Å². The van der Waals surface area contributed by atoms with Crippen LogP contribution >= 0.6 is 22.9 Å². The number of rotatable bonds is 15. The number of carbonyl (C=O) groups is 3. The number of halogens is 1. The summed E-state index contributed by atoms with van der Waals surface area (Å²) in [5, 5.41) is 21.2. The molecule has 328 valence electrons. The van der Waals surface area contributed by atoms with Gasteiger partial charge in [-0.1, -0.05) is 48.0 Å². The van der Waals surface area contributed by atoms with E-state index >= 15 is 0 Å². The molecule has 0 bridgehead atoms. The molecule has 2 fully saturated rings. The van der Waals surface area contributed by atoms with E-state index in [0.717, 1.165) is 42.8 Å². The first kappa shape index (κ1) is 44.0. The van der Waals surface area contributed by atoms with E-state index in [0.29, 0.717) is 103 Å². The molecule has 1 atom stereocenters. The minimum absolute atomic E-state index is 0.00684. The van der Waals surface area contributed by atoms with E-state index in [2.05, 4.69) is 37.4 Å². The lowest BCUT2D eigenvalue weighted by atomic mass is 9.88. The van der Waals surface area contributed by atoms with Crippen molar-refractivity contribution in [3.8, 4) is 11.4 Å². The summed E-state index contributed by atoms with van der Waals surface area (Å²) in [5.41, 5.74) is 4.76. The standard InChI is InChI=1S/C47H52ClN9O5S/c1-54-20-22-55(23-21-54)17-13-43(58)52-35-10-12-37-39(26-35)50-30-57(46(37)61)29-47(62)14-18-56(19-15-47)45(60)34(24-32-6-3-2-4-7-32)8-5-16-49-44(59)33-9-11-36-38(48)27-41(53-40(36)25-33)42-28-63-31-51-42/h2-4,6-7,9-12,25-28,30-31,34,62H,5,8,13-24,29H2,1H3,(H,49,59)(H,52,58). The largest absolute Gasteiger partial charge is 0.388 e. The van der Waals surface area contributed by atoms with Gasteiger partial charge in [0.15, 0.2) is 0 Å². The van der Waals surface area contributed by atoms with Gasteiger partial charge < -0.3 is 30.4 Å². The number of benzene rings is 3. The Hall–Kier alpha value is -5.58. The molecule has 0 spiro atoms. The van der Waals surface area contributed by atoms with Crippen molar-refractivity contribution in [1.82, 2.24) is 39.5 Å². The van der Waals surface area contributed by atoms with Gasteiger partial charge >= 0.3 is 0 Å². The van der Waals surface area contributed by atoms with Gasteiger partial charge in [0.1, 0.15) is 0 Å². The number of fused-ring (bicyclic) bond motifs is 2. The molecule has 2 aliphatic heterocycles. The maximum atomic E-state index is 14.1. The van der Waals surface area contributed by atoms with Crippen LogP contribution in [0.1, 0.15) is 48.0 Å². The van der Waals surface area contributed by atoms with Gasteiger partial charge in [0.05, 0.1) is 56.8 Å². The average Bonchev–Trinajstić information content (AvgIpc) is 3.84. The number of likely N-dealkylation sites (tertiary alicyclic amines) is 1. The summed E-state index contributed by atoms with van der Waals surface area (Å²) in [5.74, 6) is -0.650. The zero-order chi connectivity index (χ0) is 43.9. The van der Waals surface area contributed by atoms with Crippen LogP contribution in [0.25, 0.3) is 33.2 Å². The van der Waals surface area contributed by atoms with Crippen LogP contribution in [0.3, 0.4) is 0 Å². The van der Waals surface area contributed by atoms with Crippen molar-refractivity contribution in [2.75, 3.05) is 64.7 Å². The number of likely N-dealkylation sites (N-methyl/N-ethyl adjacent to an activating group) is 1. The Morgan fingerprint density at radius 2 is 1.68 bits per heavy atom. The van der Waals surface area contributed by atoms with Crippen LogP contribution in [0.15, 0.2) is 94.8 Å². The summed E-state index contributed by atoms with van der Waals surface area (Å²) in [6.07, 6.45) is 4.11. The molecule has 3 aromatic carbocycles. The van der Waals surface area contributed by atoms with Gasteiger partial charge in [0, 0.05) is 86.7 Å². The van der Waals surface area contributed by atoms with Crippen molar-refractivity contribution in [2.24, 2.45) is 5.92 Å². The summed E-state index contributed by atoms with van der Waals surface area (Å²) in [4.78, 5) is 73.7. The zero-order valence-electron chi connectivity index (χ0n) is 35.3. The number of aromatic nitrogens is 4. The number of hydrogen-bond acceptors (Lipinski definition) is 11. The van der Waals surface area contributed by atoms with Gasteiger partial charge in [-0.05, 0) is 81.1 Å². The first-order valence-corrected chi connectivity index (χ1v) is 22.8. The molecule has 16 heteroatoms. The lowest BCUT2D eigenvalue weighted by molar-refractivity contribution is -0.140. The van der Waals surface area contributed by atoms with Crippen molar-refractivity contribution in [1.29, 1.82) is 0 Å². The molecular weight excluding hydrogens is 838 g/mol. The number of nitrogens with one attached hydrogen (secondary N) is 2. The first-order chi connectivity index (χ1) is 30.5. The fourth-order valence-electron chi connectivity index (χ4n) is 8.44. The normalized spacial score (nSPS) is 16.3. The Bertz CT molecular complexity index is 2630. The van der Waals surface area contributed by atoms with Gasteiger partial charge in [-0.2, -0.15) is 0 Å². The van der Waals surface area contributed by atoms with E-state index in [1.165, 1.54) is 22.2 Å². The average molecular weight is 891 g/mol. The summed E-state index contributed by atoms with van der Waals surface area (Å²) in [7, 11) is 2.10.